The van der Waals surface area contributed by atoms with Gasteiger partial charge in [-0.25, -0.2) is 4.79 Å². The fraction of sp³-hybridized carbons (Fsp3) is 0.353. The number of hydrogen-bond acceptors (Lipinski definition) is 11. The van der Waals surface area contributed by atoms with Crippen LogP contribution in [0, 0.1) is 0 Å². The van der Waals surface area contributed by atoms with Crippen molar-refractivity contribution in [3.8, 4) is 27.7 Å². The number of carboxylic acid groups (broad SMARTS) is 1. The molecule has 2 saturated heterocycles. The number of carbonyl (C=O) groups excluding carboxylic acids is 1. The van der Waals surface area contributed by atoms with Gasteiger partial charge in [0, 0.05) is 32.6 Å². The Morgan fingerprint density at radius 3 is 2.26 bits per heavy atom. The van der Waals surface area contributed by atoms with E-state index in [1.54, 1.807) is 60.7 Å². The third kappa shape index (κ3) is 6.73. The van der Waals surface area contributed by atoms with Crippen LogP contribution in [0.4, 0.5) is 0 Å². The number of rotatable bonds is 10. The molecule has 46 heavy (non-hydrogen) atoms. The van der Waals surface area contributed by atoms with Crippen LogP contribution >= 0.6 is 11.3 Å². The first kappa shape index (κ1) is 31.9. The van der Waals surface area contributed by atoms with Crippen LogP contribution < -0.4 is 9.47 Å². The molecular formula is C34H35NO10S. The fourth-order valence-electron chi connectivity index (χ4n) is 5.80. The third-order valence-electron chi connectivity index (χ3n) is 8.32. The maximum absolute atomic E-state index is 14.0. The van der Waals surface area contributed by atoms with Crippen molar-refractivity contribution in [1.82, 2.24) is 4.90 Å². The van der Waals surface area contributed by atoms with Crippen LogP contribution in [-0.2, 0) is 9.53 Å². The SMILES string of the molecule is O=C(c1ccc(OCCN2CCCCC2)cc1)c1c(-c2ccc(O[C@H]3O[C@H](C(=O)O)[C@@H](O)[C@H](O)[C@H]3O)cc2)sc2cc(O)ccc12. The van der Waals surface area contributed by atoms with Crippen LogP contribution in [0.5, 0.6) is 17.2 Å². The van der Waals surface area contributed by atoms with E-state index in [4.69, 9.17) is 14.2 Å². The number of phenolic OH excluding ortho intramolecular Hbond substituents is 1. The van der Waals surface area contributed by atoms with Gasteiger partial charge < -0.3 is 39.7 Å². The molecule has 0 aliphatic carbocycles. The van der Waals surface area contributed by atoms with E-state index in [9.17, 15) is 35.1 Å². The molecule has 0 amide bonds. The number of hydrogen-bond donors (Lipinski definition) is 5. The van der Waals surface area contributed by atoms with Gasteiger partial charge in [0.15, 0.2) is 11.9 Å². The van der Waals surface area contributed by atoms with E-state index in [1.165, 1.54) is 36.7 Å². The van der Waals surface area contributed by atoms with Gasteiger partial charge in [0.1, 0.15) is 42.2 Å². The number of phenols is 1. The van der Waals surface area contributed by atoms with Crippen LogP contribution in [-0.4, -0.2) is 99.1 Å². The van der Waals surface area contributed by atoms with E-state index in [1.807, 2.05) is 0 Å². The average Bonchev–Trinajstić information content (AvgIpc) is 3.44. The molecule has 3 aromatic carbocycles. The predicted molar refractivity (Wildman–Crippen MR) is 170 cm³/mol. The number of carboxylic acids is 1. The van der Waals surface area contributed by atoms with Gasteiger partial charge in [0.05, 0.1) is 0 Å². The van der Waals surface area contributed by atoms with E-state index < -0.39 is 36.7 Å². The molecule has 6 rings (SSSR count). The van der Waals surface area contributed by atoms with Crippen LogP contribution in [0.1, 0.15) is 35.2 Å². The monoisotopic (exact) mass is 649 g/mol. The lowest BCUT2D eigenvalue weighted by molar-refractivity contribution is -0.271. The van der Waals surface area contributed by atoms with Crippen LogP contribution in [0.3, 0.4) is 0 Å². The molecule has 2 aliphatic rings. The zero-order chi connectivity index (χ0) is 32.4. The maximum Gasteiger partial charge on any atom is 0.335 e. The standard InChI is InChI=1S/C34H35NO10S/c36-21-8-13-24-25(18-21)46-32(20-6-11-23(12-7-20)44-34-30(40)28(38)29(39)31(45-34)33(41)42)26(24)27(37)19-4-9-22(10-5-19)43-17-16-35-14-2-1-3-15-35/h4-13,18,28-31,34,36,38-40H,1-3,14-17H2,(H,41,42)/t28-,29-,30+,31-,34-/m0/s1. The van der Waals surface area contributed by atoms with Crippen molar-refractivity contribution in [2.75, 3.05) is 26.2 Å². The first-order valence-electron chi connectivity index (χ1n) is 15.1. The summed E-state index contributed by atoms with van der Waals surface area (Å²) >= 11 is 1.35. The summed E-state index contributed by atoms with van der Waals surface area (Å²) in [7, 11) is 0. The summed E-state index contributed by atoms with van der Waals surface area (Å²) in [4.78, 5) is 28.5. The summed E-state index contributed by atoms with van der Waals surface area (Å²) in [6.45, 7) is 3.64. The zero-order valence-corrected chi connectivity index (χ0v) is 25.6. The molecule has 3 heterocycles. The van der Waals surface area contributed by atoms with Gasteiger partial charge in [-0.3, -0.25) is 9.69 Å². The molecule has 1 aromatic heterocycles. The number of ether oxygens (including phenoxy) is 3. The topological polar surface area (TPSA) is 166 Å². The summed E-state index contributed by atoms with van der Waals surface area (Å²) in [5, 5.41) is 50.4. The molecule has 5 atom stereocenters. The summed E-state index contributed by atoms with van der Waals surface area (Å²) in [6.07, 6.45) is -4.93. The van der Waals surface area contributed by atoms with Gasteiger partial charge in [-0.05, 0) is 98.2 Å². The van der Waals surface area contributed by atoms with Gasteiger partial charge >= 0.3 is 5.97 Å². The van der Waals surface area contributed by atoms with Gasteiger partial charge in [-0.1, -0.05) is 6.42 Å². The Bertz CT molecular complexity index is 1680. The molecule has 0 saturated carbocycles. The van der Waals surface area contributed by atoms with Gasteiger partial charge in [-0.15, -0.1) is 11.3 Å². The van der Waals surface area contributed by atoms with Crippen molar-refractivity contribution in [2.24, 2.45) is 0 Å². The smallest absolute Gasteiger partial charge is 0.335 e. The summed E-state index contributed by atoms with van der Waals surface area (Å²) in [5.41, 5.74) is 1.63. The minimum Gasteiger partial charge on any atom is -0.508 e. The number of aliphatic hydroxyl groups excluding tert-OH is 3. The Morgan fingerprint density at radius 1 is 0.870 bits per heavy atom. The molecular weight excluding hydrogens is 614 g/mol. The third-order valence-corrected chi connectivity index (χ3v) is 9.53. The Morgan fingerprint density at radius 2 is 1.57 bits per heavy atom. The average molecular weight is 650 g/mol. The highest BCUT2D eigenvalue weighted by molar-refractivity contribution is 7.22. The lowest BCUT2D eigenvalue weighted by Crippen LogP contribution is -2.61. The highest BCUT2D eigenvalue weighted by Gasteiger charge is 2.48. The lowest BCUT2D eigenvalue weighted by atomic mass is 9.97. The van der Waals surface area contributed by atoms with Crippen LogP contribution in [0.15, 0.2) is 66.7 Å². The summed E-state index contributed by atoms with van der Waals surface area (Å²) in [6, 6.07) is 18.5. The predicted octanol–water partition coefficient (Wildman–Crippen LogP) is 3.64. The summed E-state index contributed by atoms with van der Waals surface area (Å²) < 4.78 is 17.5. The zero-order valence-electron chi connectivity index (χ0n) is 24.8. The number of aromatic hydroxyl groups is 1. The number of fused-ring (bicyclic) bond motifs is 1. The Kier molecular flexibility index (Phi) is 9.54. The quantitative estimate of drug-likeness (QED) is 0.159. The number of ketones is 1. The van der Waals surface area contributed by atoms with Crippen molar-refractivity contribution in [3.05, 3.63) is 77.9 Å². The number of thiophene rings is 1. The number of nitrogens with zero attached hydrogens (tertiary/aromatic N) is 1. The Labute approximate surface area is 268 Å². The van der Waals surface area contributed by atoms with E-state index in [0.717, 1.165) is 24.3 Å². The molecule has 0 radical (unpaired) electrons. The minimum atomic E-state index is -1.83. The molecule has 2 aliphatic heterocycles. The molecule has 12 heteroatoms. The van der Waals surface area contributed by atoms with Crippen molar-refractivity contribution in [2.45, 2.75) is 50.0 Å². The number of aliphatic carboxylic acids is 1. The molecule has 0 unspecified atom stereocenters. The lowest BCUT2D eigenvalue weighted by Gasteiger charge is -2.38. The molecule has 11 nitrogen and oxygen atoms in total. The van der Waals surface area contributed by atoms with Gasteiger partial charge in [0.25, 0.3) is 0 Å². The molecule has 2 fully saturated rings. The second-order valence-corrected chi connectivity index (χ2v) is 12.5. The second-order valence-electron chi connectivity index (χ2n) is 11.5. The number of likely N-dealkylation sites (tertiary alicyclic amines) is 1. The van der Waals surface area contributed by atoms with Crippen molar-refractivity contribution >= 4 is 33.2 Å². The second kappa shape index (κ2) is 13.8. The highest BCUT2D eigenvalue weighted by atomic mass is 32.1. The summed E-state index contributed by atoms with van der Waals surface area (Å²) in [5.74, 6) is -0.744. The fourth-order valence-corrected chi connectivity index (χ4v) is 7.04. The Balaban J connectivity index is 1.21. The van der Waals surface area contributed by atoms with Crippen LogP contribution in [0.25, 0.3) is 20.5 Å². The molecule has 242 valence electrons. The highest BCUT2D eigenvalue weighted by Crippen LogP contribution is 2.42. The largest absolute Gasteiger partial charge is 0.508 e. The maximum atomic E-state index is 14.0. The van der Waals surface area contributed by atoms with Crippen molar-refractivity contribution < 1.29 is 49.3 Å². The normalized spacial score (nSPS) is 23.7. The molecule has 0 bridgehead atoms. The van der Waals surface area contributed by atoms with Crippen molar-refractivity contribution in [3.63, 3.8) is 0 Å². The van der Waals surface area contributed by atoms with Gasteiger partial charge in [0.2, 0.25) is 6.29 Å². The number of aliphatic hydroxyl groups is 3. The first-order valence-corrected chi connectivity index (χ1v) is 16.0. The molecule has 4 aromatic rings. The van der Waals surface area contributed by atoms with E-state index in [-0.39, 0.29) is 17.3 Å². The van der Waals surface area contributed by atoms with E-state index >= 15 is 0 Å². The molecule has 0 spiro atoms. The van der Waals surface area contributed by atoms with E-state index in [2.05, 4.69) is 4.90 Å². The van der Waals surface area contributed by atoms with Crippen LogP contribution in [0.2, 0.25) is 0 Å². The molecule has 5 N–H and O–H groups in total. The Hall–Kier alpha value is -4.04. The number of carbonyl (C=O) groups is 2. The van der Waals surface area contributed by atoms with E-state index in [0.29, 0.717) is 39.3 Å². The van der Waals surface area contributed by atoms with Crippen molar-refractivity contribution in [1.29, 1.82) is 0 Å². The number of piperidine rings is 1. The minimum absolute atomic E-state index is 0.0760. The first-order chi connectivity index (χ1) is 22.2. The number of benzene rings is 3. The van der Waals surface area contributed by atoms with Gasteiger partial charge in [-0.2, -0.15) is 0 Å².